The predicted octanol–water partition coefficient (Wildman–Crippen LogP) is 1.63. The van der Waals surface area contributed by atoms with Gasteiger partial charge in [-0.25, -0.2) is 0 Å². The molecule has 3 N–H and O–H groups in total. The third-order valence-electron chi connectivity index (χ3n) is 2.85. The highest BCUT2D eigenvalue weighted by molar-refractivity contribution is 5.76. The summed E-state index contributed by atoms with van der Waals surface area (Å²) in [6, 6.07) is 3.85. The van der Waals surface area contributed by atoms with Crippen LogP contribution in [0.25, 0.3) is 0 Å². The number of nitrogens with zero attached hydrogens (tertiary/aromatic N) is 1. The lowest BCUT2D eigenvalue weighted by Crippen LogP contribution is -2.27. The maximum Gasteiger partial charge on any atom is 0.220 e. The fraction of sp³-hybridized carbons (Fsp3) is 0.538. The highest BCUT2D eigenvalue weighted by Crippen LogP contribution is 2.11. The normalized spacial score (nSPS) is 14.1. The molecule has 0 bridgehead atoms. The first-order chi connectivity index (χ1) is 8.13. The Balaban J connectivity index is 2.36. The molecule has 0 aromatic carbocycles. The summed E-state index contributed by atoms with van der Waals surface area (Å²) in [6.45, 7) is 4.66. The first-order valence-corrected chi connectivity index (χ1v) is 6.02. The molecule has 0 aliphatic rings. The van der Waals surface area contributed by atoms with Crippen molar-refractivity contribution in [3.8, 4) is 0 Å². The van der Waals surface area contributed by atoms with Crippen LogP contribution in [0.3, 0.4) is 0 Å². The summed E-state index contributed by atoms with van der Waals surface area (Å²) in [5.41, 5.74) is 6.58. The highest BCUT2D eigenvalue weighted by Gasteiger charge is 2.10. The van der Waals surface area contributed by atoms with E-state index in [0.29, 0.717) is 18.9 Å². The lowest BCUT2D eigenvalue weighted by Gasteiger charge is -2.15. The van der Waals surface area contributed by atoms with Gasteiger partial charge in [-0.15, -0.1) is 0 Å². The summed E-state index contributed by atoms with van der Waals surface area (Å²) in [5, 5.41) is 2.97. The molecule has 1 amide bonds. The Bertz CT molecular complexity index is 340. The van der Waals surface area contributed by atoms with E-state index in [9.17, 15) is 4.79 Å². The molecule has 2 atom stereocenters. The van der Waals surface area contributed by atoms with Crippen molar-refractivity contribution in [3.05, 3.63) is 30.1 Å². The molecule has 0 aliphatic carbocycles. The van der Waals surface area contributed by atoms with Crippen molar-refractivity contribution < 1.29 is 4.79 Å². The molecule has 17 heavy (non-hydrogen) atoms. The van der Waals surface area contributed by atoms with Crippen LogP contribution in [0.4, 0.5) is 0 Å². The molecule has 4 heteroatoms. The maximum atomic E-state index is 11.7. The van der Waals surface area contributed by atoms with Gasteiger partial charge in [-0.3, -0.25) is 9.78 Å². The first-order valence-electron chi connectivity index (χ1n) is 6.02. The van der Waals surface area contributed by atoms with E-state index in [-0.39, 0.29) is 11.9 Å². The first kappa shape index (κ1) is 13.6. The quantitative estimate of drug-likeness (QED) is 0.787. The number of nitrogens with one attached hydrogen (secondary N) is 1. The fourth-order valence-corrected chi connectivity index (χ4v) is 1.54. The molecule has 0 spiro atoms. The summed E-state index contributed by atoms with van der Waals surface area (Å²) in [6.07, 6.45) is 4.84. The van der Waals surface area contributed by atoms with E-state index in [1.165, 1.54) is 0 Å². The van der Waals surface area contributed by atoms with Crippen molar-refractivity contribution in [2.24, 2.45) is 11.7 Å². The largest absolute Gasteiger partial charge is 0.350 e. The van der Waals surface area contributed by atoms with Crippen molar-refractivity contribution >= 4 is 5.91 Å². The molecule has 1 unspecified atom stereocenters. The average molecular weight is 235 g/mol. The Morgan fingerprint density at radius 2 is 2.06 bits per heavy atom. The molecule has 0 saturated heterocycles. The molecule has 0 saturated carbocycles. The molecule has 1 aromatic rings. The second-order valence-electron chi connectivity index (χ2n) is 4.45. The Labute approximate surface area is 103 Å². The van der Waals surface area contributed by atoms with Crippen LogP contribution in [0.1, 0.15) is 38.3 Å². The third-order valence-corrected chi connectivity index (χ3v) is 2.85. The summed E-state index contributed by atoms with van der Waals surface area (Å²) in [7, 11) is 0. The minimum Gasteiger partial charge on any atom is -0.350 e. The van der Waals surface area contributed by atoms with Gasteiger partial charge >= 0.3 is 0 Å². The van der Waals surface area contributed by atoms with Gasteiger partial charge in [0.25, 0.3) is 0 Å². The molecular weight excluding hydrogens is 214 g/mol. The molecular formula is C13H21N3O. The number of hydrogen-bond donors (Lipinski definition) is 2. The molecule has 0 radical (unpaired) electrons. The van der Waals surface area contributed by atoms with Gasteiger partial charge < -0.3 is 11.1 Å². The van der Waals surface area contributed by atoms with Crippen LogP contribution in [-0.4, -0.2) is 17.4 Å². The zero-order valence-electron chi connectivity index (χ0n) is 10.5. The number of amides is 1. The Morgan fingerprint density at radius 1 is 1.41 bits per heavy atom. The number of rotatable bonds is 6. The Kier molecular flexibility index (Phi) is 5.63. The number of carbonyl (C=O) groups is 1. The predicted molar refractivity (Wildman–Crippen MR) is 68.2 cm³/mol. The lowest BCUT2D eigenvalue weighted by molar-refractivity contribution is -0.122. The number of carbonyl (C=O) groups excluding carboxylic acids is 1. The number of hydrogen-bond acceptors (Lipinski definition) is 3. The zero-order chi connectivity index (χ0) is 12.7. The number of nitrogens with two attached hydrogens (primary N) is 1. The van der Waals surface area contributed by atoms with Gasteiger partial charge in [0.1, 0.15) is 0 Å². The Hall–Kier alpha value is -1.42. The van der Waals surface area contributed by atoms with Gasteiger partial charge in [-0.05, 0) is 43.5 Å². The van der Waals surface area contributed by atoms with Crippen LogP contribution < -0.4 is 11.1 Å². The van der Waals surface area contributed by atoms with Crippen LogP contribution >= 0.6 is 0 Å². The van der Waals surface area contributed by atoms with Gasteiger partial charge in [-0.1, -0.05) is 6.92 Å². The van der Waals surface area contributed by atoms with Crippen LogP contribution in [-0.2, 0) is 4.79 Å². The van der Waals surface area contributed by atoms with E-state index in [4.69, 9.17) is 5.73 Å². The van der Waals surface area contributed by atoms with Crippen molar-refractivity contribution in [1.29, 1.82) is 0 Å². The van der Waals surface area contributed by atoms with Crippen LogP contribution in [0.15, 0.2) is 24.5 Å². The van der Waals surface area contributed by atoms with E-state index in [1.54, 1.807) is 12.4 Å². The monoisotopic (exact) mass is 235 g/mol. The Morgan fingerprint density at radius 3 is 2.65 bits per heavy atom. The second kappa shape index (κ2) is 7.01. The second-order valence-corrected chi connectivity index (χ2v) is 4.45. The van der Waals surface area contributed by atoms with Gasteiger partial charge in [0, 0.05) is 18.8 Å². The van der Waals surface area contributed by atoms with Crippen molar-refractivity contribution in [2.75, 3.05) is 6.54 Å². The summed E-state index contributed by atoms with van der Waals surface area (Å²) in [5.74, 6) is 0.478. The van der Waals surface area contributed by atoms with Crippen LogP contribution in [0.2, 0.25) is 0 Å². The van der Waals surface area contributed by atoms with E-state index in [1.807, 2.05) is 19.1 Å². The van der Waals surface area contributed by atoms with E-state index < -0.39 is 0 Å². The van der Waals surface area contributed by atoms with Crippen LogP contribution in [0, 0.1) is 5.92 Å². The topological polar surface area (TPSA) is 68.0 Å². The molecule has 4 nitrogen and oxygen atoms in total. The smallest absolute Gasteiger partial charge is 0.220 e. The van der Waals surface area contributed by atoms with Crippen molar-refractivity contribution in [3.63, 3.8) is 0 Å². The molecule has 1 heterocycles. The van der Waals surface area contributed by atoms with Crippen molar-refractivity contribution in [2.45, 2.75) is 32.7 Å². The SMILES string of the molecule is CC(CN)CCC(=O)N[C@H](C)c1ccncc1. The molecule has 94 valence electrons. The van der Waals surface area contributed by atoms with E-state index in [2.05, 4.69) is 17.2 Å². The molecule has 1 rings (SSSR count). The maximum absolute atomic E-state index is 11.7. The standard InChI is InChI=1S/C13H21N3O/c1-10(9-14)3-4-13(17)16-11(2)12-5-7-15-8-6-12/h5-8,10-11H,3-4,9,14H2,1-2H3,(H,16,17)/t10?,11-/m1/s1. The number of aromatic nitrogens is 1. The highest BCUT2D eigenvalue weighted by atomic mass is 16.1. The average Bonchev–Trinajstić information content (AvgIpc) is 2.36. The van der Waals surface area contributed by atoms with E-state index in [0.717, 1.165) is 12.0 Å². The summed E-state index contributed by atoms with van der Waals surface area (Å²) < 4.78 is 0. The minimum absolute atomic E-state index is 0.0266. The van der Waals surface area contributed by atoms with Gasteiger partial charge in [0.05, 0.1) is 6.04 Å². The van der Waals surface area contributed by atoms with Gasteiger partial charge in [0.15, 0.2) is 0 Å². The number of pyridine rings is 1. The molecule has 1 aromatic heterocycles. The van der Waals surface area contributed by atoms with Crippen LogP contribution in [0.5, 0.6) is 0 Å². The summed E-state index contributed by atoms with van der Waals surface area (Å²) >= 11 is 0. The van der Waals surface area contributed by atoms with Crippen molar-refractivity contribution in [1.82, 2.24) is 10.3 Å². The summed E-state index contributed by atoms with van der Waals surface area (Å²) in [4.78, 5) is 15.6. The minimum atomic E-state index is 0.0266. The lowest BCUT2D eigenvalue weighted by atomic mass is 10.1. The zero-order valence-corrected chi connectivity index (χ0v) is 10.5. The van der Waals surface area contributed by atoms with E-state index >= 15 is 0 Å². The third kappa shape index (κ3) is 4.95. The van der Waals surface area contributed by atoms with Gasteiger partial charge in [-0.2, -0.15) is 0 Å². The fourth-order valence-electron chi connectivity index (χ4n) is 1.54. The molecule has 0 aliphatic heterocycles. The van der Waals surface area contributed by atoms with Gasteiger partial charge in [0.2, 0.25) is 5.91 Å². The molecule has 0 fully saturated rings.